The zero-order valence-electron chi connectivity index (χ0n) is 13.6. The van der Waals surface area contributed by atoms with Crippen LogP contribution < -0.4 is 10.6 Å². The van der Waals surface area contributed by atoms with Crippen LogP contribution >= 0.6 is 0 Å². The molecule has 1 fully saturated rings. The molecule has 22 heavy (non-hydrogen) atoms. The summed E-state index contributed by atoms with van der Waals surface area (Å²) in [5, 5.41) is 19.0. The number of hydrogen-bond donors (Lipinski definition) is 3. The predicted octanol–water partition coefficient (Wildman–Crippen LogP) is 0.132. The summed E-state index contributed by atoms with van der Waals surface area (Å²) < 4.78 is 1.61. The van der Waals surface area contributed by atoms with E-state index in [9.17, 15) is 4.79 Å². The van der Waals surface area contributed by atoms with Gasteiger partial charge in [0.25, 0.3) is 0 Å². The Kier molecular flexibility index (Phi) is 5.79. The van der Waals surface area contributed by atoms with E-state index in [4.69, 9.17) is 5.11 Å². The number of carbonyl (C=O) groups is 1. The van der Waals surface area contributed by atoms with Crippen molar-refractivity contribution in [2.75, 3.05) is 32.1 Å². The van der Waals surface area contributed by atoms with E-state index >= 15 is 0 Å². The lowest BCUT2D eigenvalue weighted by Crippen LogP contribution is -2.48. The second-order valence-electron chi connectivity index (χ2n) is 6.25. The van der Waals surface area contributed by atoms with Gasteiger partial charge in [0.15, 0.2) is 0 Å². The third-order valence-electron chi connectivity index (χ3n) is 4.34. The number of rotatable bonds is 6. The summed E-state index contributed by atoms with van der Waals surface area (Å²) in [4.78, 5) is 14.0. The first-order chi connectivity index (χ1) is 10.5. The Morgan fingerprint density at radius 3 is 3.00 bits per heavy atom. The molecule has 0 aliphatic carbocycles. The normalized spacial score (nSPS) is 25.9. The van der Waals surface area contributed by atoms with Crippen molar-refractivity contribution in [1.29, 1.82) is 0 Å². The van der Waals surface area contributed by atoms with Gasteiger partial charge >= 0.3 is 0 Å². The van der Waals surface area contributed by atoms with Crippen LogP contribution in [0.15, 0.2) is 12.4 Å². The van der Waals surface area contributed by atoms with Gasteiger partial charge in [0.2, 0.25) is 5.91 Å². The molecule has 7 nitrogen and oxygen atoms in total. The van der Waals surface area contributed by atoms with Crippen molar-refractivity contribution in [2.45, 2.75) is 38.9 Å². The predicted molar refractivity (Wildman–Crippen MR) is 85.6 cm³/mol. The molecule has 0 aromatic carbocycles. The van der Waals surface area contributed by atoms with Crippen molar-refractivity contribution in [3.63, 3.8) is 0 Å². The first kappa shape index (κ1) is 16.8. The van der Waals surface area contributed by atoms with Crippen molar-refractivity contribution in [1.82, 2.24) is 20.0 Å². The lowest BCUT2D eigenvalue weighted by Gasteiger charge is -2.40. The van der Waals surface area contributed by atoms with E-state index in [0.29, 0.717) is 18.0 Å². The van der Waals surface area contributed by atoms with Crippen molar-refractivity contribution in [3.8, 4) is 0 Å². The molecule has 1 aliphatic rings. The third-order valence-corrected chi connectivity index (χ3v) is 4.34. The fraction of sp³-hybridized carbons (Fsp3) is 0.733. The Hall–Kier alpha value is -1.60. The smallest absolute Gasteiger partial charge is 0.241 e. The van der Waals surface area contributed by atoms with E-state index < -0.39 is 0 Å². The molecule has 0 bridgehead atoms. The minimum absolute atomic E-state index is 0.0517. The van der Waals surface area contributed by atoms with Gasteiger partial charge in [0, 0.05) is 31.4 Å². The standard InChI is InChI=1S/C15H27N5O2/c1-11-8-19(3)12(2)6-14(11)18-13-7-17-20(9-13)10-15(22)16-4-5-21/h7,9,11-12,14,18,21H,4-6,8,10H2,1-3H3,(H,16,22). The molecular weight excluding hydrogens is 282 g/mol. The second kappa shape index (κ2) is 7.60. The molecule has 7 heteroatoms. The van der Waals surface area contributed by atoms with Gasteiger partial charge in [0.1, 0.15) is 6.54 Å². The fourth-order valence-electron chi connectivity index (χ4n) is 2.88. The molecule has 124 valence electrons. The topological polar surface area (TPSA) is 82.4 Å². The molecule has 1 amide bonds. The van der Waals surface area contributed by atoms with Gasteiger partial charge in [-0.1, -0.05) is 6.92 Å². The Labute approximate surface area is 131 Å². The van der Waals surface area contributed by atoms with Gasteiger partial charge in [-0.25, -0.2) is 0 Å². The molecule has 2 heterocycles. The van der Waals surface area contributed by atoms with Crippen molar-refractivity contribution in [3.05, 3.63) is 12.4 Å². The van der Waals surface area contributed by atoms with Crippen molar-refractivity contribution in [2.24, 2.45) is 5.92 Å². The number of aliphatic hydroxyl groups excluding tert-OH is 1. The summed E-state index contributed by atoms with van der Waals surface area (Å²) in [5.74, 6) is 0.419. The summed E-state index contributed by atoms with van der Waals surface area (Å²) in [5.41, 5.74) is 0.948. The number of anilines is 1. The number of amides is 1. The number of likely N-dealkylation sites (tertiary alicyclic amines) is 1. The molecule has 1 aromatic rings. The molecule has 0 spiro atoms. The van der Waals surface area contributed by atoms with Crippen LogP contribution in [-0.2, 0) is 11.3 Å². The van der Waals surface area contributed by atoms with E-state index in [0.717, 1.165) is 18.7 Å². The summed E-state index contributed by atoms with van der Waals surface area (Å²) in [7, 11) is 2.17. The van der Waals surface area contributed by atoms with Gasteiger partial charge in [-0.2, -0.15) is 5.10 Å². The van der Waals surface area contributed by atoms with E-state index in [2.05, 4.69) is 41.5 Å². The number of nitrogens with zero attached hydrogens (tertiary/aromatic N) is 3. The van der Waals surface area contributed by atoms with E-state index in [1.807, 2.05) is 6.20 Å². The minimum Gasteiger partial charge on any atom is -0.395 e. The molecule has 3 unspecified atom stereocenters. The van der Waals surface area contributed by atoms with Crippen molar-refractivity contribution >= 4 is 11.6 Å². The number of carbonyl (C=O) groups excluding carboxylic acids is 1. The molecule has 2 rings (SSSR count). The van der Waals surface area contributed by atoms with Crippen LogP contribution in [0.5, 0.6) is 0 Å². The maximum Gasteiger partial charge on any atom is 0.241 e. The van der Waals surface area contributed by atoms with Crippen LogP contribution in [0.4, 0.5) is 5.69 Å². The Bertz CT molecular complexity index is 490. The van der Waals surface area contributed by atoms with Gasteiger partial charge in [-0.05, 0) is 26.3 Å². The Morgan fingerprint density at radius 1 is 1.50 bits per heavy atom. The summed E-state index contributed by atoms with van der Waals surface area (Å²) in [6, 6.07) is 0.986. The van der Waals surface area contributed by atoms with Crippen LogP contribution in [0.25, 0.3) is 0 Å². The summed E-state index contributed by atoms with van der Waals surface area (Å²) >= 11 is 0. The van der Waals surface area contributed by atoms with Crippen LogP contribution in [0.2, 0.25) is 0 Å². The van der Waals surface area contributed by atoms with Gasteiger partial charge < -0.3 is 20.6 Å². The van der Waals surface area contributed by atoms with Crippen LogP contribution in [0, 0.1) is 5.92 Å². The number of nitrogens with one attached hydrogen (secondary N) is 2. The van der Waals surface area contributed by atoms with Gasteiger partial charge in [0.05, 0.1) is 18.5 Å². The zero-order chi connectivity index (χ0) is 16.1. The first-order valence-corrected chi connectivity index (χ1v) is 7.86. The van der Waals surface area contributed by atoms with Gasteiger partial charge in [-0.15, -0.1) is 0 Å². The van der Waals surface area contributed by atoms with Crippen LogP contribution in [0.1, 0.15) is 20.3 Å². The Morgan fingerprint density at radius 2 is 2.27 bits per heavy atom. The molecule has 1 saturated heterocycles. The average molecular weight is 309 g/mol. The molecule has 0 radical (unpaired) electrons. The molecule has 3 atom stereocenters. The highest BCUT2D eigenvalue weighted by Gasteiger charge is 2.28. The molecule has 1 aromatic heterocycles. The maximum atomic E-state index is 11.6. The van der Waals surface area contributed by atoms with E-state index in [1.165, 1.54) is 0 Å². The Balaban J connectivity index is 1.87. The van der Waals surface area contributed by atoms with Crippen LogP contribution in [-0.4, -0.2) is 64.5 Å². The summed E-state index contributed by atoms with van der Waals surface area (Å²) in [6.07, 6.45) is 4.71. The molecule has 1 aliphatic heterocycles. The number of aromatic nitrogens is 2. The lowest BCUT2D eigenvalue weighted by atomic mass is 9.90. The molecule has 0 saturated carbocycles. The van der Waals surface area contributed by atoms with Gasteiger partial charge in [-0.3, -0.25) is 9.48 Å². The van der Waals surface area contributed by atoms with E-state index in [1.54, 1.807) is 10.9 Å². The second-order valence-corrected chi connectivity index (χ2v) is 6.25. The fourth-order valence-corrected chi connectivity index (χ4v) is 2.88. The highest BCUT2D eigenvalue weighted by Crippen LogP contribution is 2.24. The zero-order valence-corrected chi connectivity index (χ0v) is 13.6. The third kappa shape index (κ3) is 4.45. The number of aliphatic hydroxyl groups is 1. The van der Waals surface area contributed by atoms with Crippen LogP contribution in [0.3, 0.4) is 0 Å². The monoisotopic (exact) mass is 309 g/mol. The maximum absolute atomic E-state index is 11.6. The molecule has 3 N–H and O–H groups in total. The first-order valence-electron chi connectivity index (χ1n) is 7.86. The average Bonchev–Trinajstić information content (AvgIpc) is 2.89. The minimum atomic E-state index is -0.148. The SMILES string of the molecule is CC1CN(C)C(C)CC1Nc1cnn(CC(=O)NCCO)c1. The van der Waals surface area contributed by atoms with E-state index in [-0.39, 0.29) is 25.6 Å². The number of piperidine rings is 1. The summed E-state index contributed by atoms with van der Waals surface area (Å²) in [6.45, 7) is 5.97. The lowest BCUT2D eigenvalue weighted by molar-refractivity contribution is -0.122. The largest absolute Gasteiger partial charge is 0.395 e. The highest BCUT2D eigenvalue weighted by molar-refractivity contribution is 5.75. The quantitative estimate of drug-likeness (QED) is 0.696. The molecular formula is C15H27N5O2. The van der Waals surface area contributed by atoms with Crippen molar-refractivity contribution < 1.29 is 9.90 Å². The highest BCUT2D eigenvalue weighted by atomic mass is 16.3. The number of hydrogen-bond acceptors (Lipinski definition) is 5.